The van der Waals surface area contributed by atoms with E-state index < -0.39 is 0 Å². The Morgan fingerprint density at radius 2 is 1.88 bits per heavy atom. The number of nitrogens with one attached hydrogen (secondary N) is 1. The summed E-state index contributed by atoms with van der Waals surface area (Å²) in [6.45, 7) is 5.45. The van der Waals surface area contributed by atoms with Crippen LogP contribution in [0.1, 0.15) is 37.1 Å². The summed E-state index contributed by atoms with van der Waals surface area (Å²) in [5.74, 6) is 0.618. The molecule has 0 bridgehead atoms. The number of rotatable bonds is 4. The van der Waals surface area contributed by atoms with Crippen LogP contribution >= 0.6 is 0 Å². The molecule has 3 N–H and O–H groups in total. The molecular weight excluding hydrogens is 214 g/mol. The first-order chi connectivity index (χ1) is 8.15. The third kappa shape index (κ3) is 2.72. The van der Waals surface area contributed by atoms with Gasteiger partial charge in [0.2, 0.25) is 5.95 Å². The molecule has 0 unspecified atom stereocenters. The van der Waals surface area contributed by atoms with E-state index in [2.05, 4.69) is 20.5 Å². The maximum Gasteiger partial charge on any atom is 0.242 e. The molecule has 0 aliphatic heterocycles. The molecule has 0 amide bonds. The molecule has 94 valence electrons. The zero-order valence-corrected chi connectivity index (χ0v) is 10.7. The molecule has 17 heavy (non-hydrogen) atoms. The monoisotopic (exact) mass is 235 g/mol. The molecule has 5 heteroatoms. The first kappa shape index (κ1) is 12.2. The molecule has 0 radical (unpaired) electrons. The summed E-state index contributed by atoms with van der Waals surface area (Å²) in [5, 5.41) is 11.4. The van der Waals surface area contributed by atoms with Gasteiger partial charge in [-0.1, -0.05) is 12.8 Å². The average molecular weight is 235 g/mol. The Morgan fingerprint density at radius 3 is 2.47 bits per heavy atom. The molecule has 0 atom stereocenters. The normalized spacial score (nSPS) is 18.3. The van der Waals surface area contributed by atoms with E-state index in [0.29, 0.717) is 5.95 Å². The molecule has 1 fully saturated rings. The van der Waals surface area contributed by atoms with E-state index in [4.69, 9.17) is 5.73 Å². The van der Waals surface area contributed by atoms with Gasteiger partial charge in [-0.05, 0) is 38.6 Å². The van der Waals surface area contributed by atoms with Crippen LogP contribution in [0, 0.1) is 19.3 Å². The summed E-state index contributed by atoms with van der Waals surface area (Å²) in [5.41, 5.74) is 7.93. The predicted octanol–water partition coefficient (Wildman–Crippen LogP) is 1.42. The predicted molar refractivity (Wildman–Crippen MR) is 67.7 cm³/mol. The highest BCUT2D eigenvalue weighted by atomic mass is 15.2. The lowest BCUT2D eigenvalue weighted by molar-refractivity contribution is 0.331. The molecule has 1 aromatic heterocycles. The Balaban J connectivity index is 1.99. The number of aryl methyl sites for hydroxylation is 2. The minimum Gasteiger partial charge on any atom is -0.352 e. The molecule has 0 saturated heterocycles. The van der Waals surface area contributed by atoms with Crippen LogP contribution in [0.25, 0.3) is 0 Å². The lowest BCUT2D eigenvalue weighted by atomic mass is 9.86. The first-order valence-corrected chi connectivity index (χ1v) is 6.27. The van der Waals surface area contributed by atoms with E-state index in [1.54, 1.807) is 0 Å². The Hall–Kier alpha value is -1.23. The van der Waals surface area contributed by atoms with Gasteiger partial charge in [-0.3, -0.25) is 0 Å². The second-order valence-electron chi connectivity index (χ2n) is 5.07. The van der Waals surface area contributed by atoms with Gasteiger partial charge < -0.3 is 11.1 Å². The molecule has 1 aliphatic rings. The lowest BCUT2D eigenvalue weighted by Crippen LogP contribution is -2.35. The van der Waals surface area contributed by atoms with Crippen LogP contribution in [0.15, 0.2) is 0 Å². The van der Waals surface area contributed by atoms with E-state index >= 15 is 0 Å². The zero-order valence-electron chi connectivity index (χ0n) is 10.7. The van der Waals surface area contributed by atoms with E-state index in [1.165, 1.54) is 25.7 Å². The molecule has 5 nitrogen and oxygen atoms in total. The van der Waals surface area contributed by atoms with Crippen LogP contribution in [0.4, 0.5) is 5.95 Å². The van der Waals surface area contributed by atoms with Crippen molar-refractivity contribution in [1.29, 1.82) is 0 Å². The maximum atomic E-state index is 5.89. The Bertz CT molecular complexity index is 384. The van der Waals surface area contributed by atoms with Crippen LogP contribution in [0.2, 0.25) is 0 Å². The highest BCUT2D eigenvalue weighted by Crippen LogP contribution is 2.36. The first-order valence-electron chi connectivity index (χ1n) is 6.27. The summed E-state index contributed by atoms with van der Waals surface area (Å²) < 4.78 is 0. The number of hydrogen-bond donors (Lipinski definition) is 2. The van der Waals surface area contributed by atoms with Crippen molar-refractivity contribution < 1.29 is 0 Å². The maximum absolute atomic E-state index is 5.89. The van der Waals surface area contributed by atoms with Gasteiger partial charge in [0.05, 0.1) is 11.4 Å². The average Bonchev–Trinajstić information content (AvgIpc) is 2.80. The highest BCUT2D eigenvalue weighted by Gasteiger charge is 2.32. The quantitative estimate of drug-likeness (QED) is 0.825. The van der Waals surface area contributed by atoms with Crippen LogP contribution < -0.4 is 11.1 Å². The molecule has 0 spiro atoms. The summed E-state index contributed by atoms with van der Waals surface area (Å²) in [7, 11) is 0. The van der Waals surface area contributed by atoms with Crippen molar-refractivity contribution in [1.82, 2.24) is 15.2 Å². The Morgan fingerprint density at radius 1 is 1.18 bits per heavy atom. The van der Waals surface area contributed by atoms with E-state index in [-0.39, 0.29) is 5.41 Å². The topological polar surface area (TPSA) is 76.7 Å². The van der Waals surface area contributed by atoms with Crippen molar-refractivity contribution in [2.45, 2.75) is 39.5 Å². The molecular formula is C12H21N5. The van der Waals surface area contributed by atoms with Crippen molar-refractivity contribution in [2.75, 3.05) is 18.4 Å². The molecule has 0 aromatic carbocycles. The van der Waals surface area contributed by atoms with Gasteiger partial charge in [-0.25, -0.2) is 4.98 Å². The van der Waals surface area contributed by atoms with Gasteiger partial charge in [0, 0.05) is 6.54 Å². The fourth-order valence-corrected chi connectivity index (χ4v) is 2.38. The minimum atomic E-state index is 0.238. The van der Waals surface area contributed by atoms with E-state index in [1.807, 2.05) is 13.8 Å². The summed E-state index contributed by atoms with van der Waals surface area (Å²) in [6.07, 6.45) is 4.97. The van der Waals surface area contributed by atoms with Gasteiger partial charge in [-0.2, -0.15) is 5.10 Å². The number of aromatic nitrogens is 3. The molecule has 1 aliphatic carbocycles. The number of anilines is 1. The van der Waals surface area contributed by atoms with Gasteiger partial charge in [0.25, 0.3) is 0 Å². The third-order valence-corrected chi connectivity index (χ3v) is 3.81. The second-order valence-corrected chi connectivity index (χ2v) is 5.07. The largest absolute Gasteiger partial charge is 0.352 e. The van der Waals surface area contributed by atoms with Gasteiger partial charge in [-0.15, -0.1) is 5.10 Å². The molecule has 1 saturated carbocycles. The van der Waals surface area contributed by atoms with Crippen LogP contribution in [-0.2, 0) is 0 Å². The Kier molecular flexibility index (Phi) is 3.57. The lowest BCUT2D eigenvalue weighted by Gasteiger charge is -2.27. The fraction of sp³-hybridized carbons (Fsp3) is 0.750. The molecule has 1 heterocycles. The van der Waals surface area contributed by atoms with Crippen molar-refractivity contribution in [3.8, 4) is 0 Å². The standard InChI is InChI=1S/C12H21N5/c1-9-10(2)16-17-11(15-9)14-8-12(7-13)5-3-4-6-12/h3-8,13H2,1-2H3,(H,14,15,17). The summed E-state index contributed by atoms with van der Waals surface area (Å²) in [6, 6.07) is 0. The highest BCUT2D eigenvalue weighted by molar-refractivity contribution is 5.25. The number of nitrogens with zero attached hydrogens (tertiary/aromatic N) is 3. The van der Waals surface area contributed by atoms with Gasteiger partial charge in [0.1, 0.15) is 0 Å². The minimum absolute atomic E-state index is 0.238. The zero-order chi connectivity index (χ0) is 12.3. The summed E-state index contributed by atoms with van der Waals surface area (Å²) in [4.78, 5) is 4.37. The van der Waals surface area contributed by atoms with Gasteiger partial charge >= 0.3 is 0 Å². The number of hydrogen-bond acceptors (Lipinski definition) is 5. The number of nitrogens with two attached hydrogens (primary N) is 1. The second kappa shape index (κ2) is 4.96. The van der Waals surface area contributed by atoms with Crippen molar-refractivity contribution in [2.24, 2.45) is 11.1 Å². The third-order valence-electron chi connectivity index (χ3n) is 3.81. The summed E-state index contributed by atoms with van der Waals surface area (Å²) >= 11 is 0. The van der Waals surface area contributed by atoms with E-state index in [0.717, 1.165) is 24.5 Å². The molecule has 1 aromatic rings. The van der Waals surface area contributed by atoms with Crippen molar-refractivity contribution in [3.05, 3.63) is 11.4 Å². The van der Waals surface area contributed by atoms with Crippen LogP contribution in [0.3, 0.4) is 0 Å². The Labute approximate surface area is 102 Å². The smallest absolute Gasteiger partial charge is 0.242 e. The van der Waals surface area contributed by atoms with Crippen molar-refractivity contribution in [3.63, 3.8) is 0 Å². The molecule has 2 rings (SSSR count). The SMILES string of the molecule is Cc1nnc(NCC2(CN)CCCC2)nc1C. The van der Waals surface area contributed by atoms with Crippen LogP contribution in [-0.4, -0.2) is 28.3 Å². The van der Waals surface area contributed by atoms with Crippen LogP contribution in [0.5, 0.6) is 0 Å². The fourth-order valence-electron chi connectivity index (χ4n) is 2.38. The van der Waals surface area contributed by atoms with E-state index in [9.17, 15) is 0 Å². The van der Waals surface area contributed by atoms with Gasteiger partial charge in [0.15, 0.2) is 0 Å². The van der Waals surface area contributed by atoms with Crippen molar-refractivity contribution >= 4 is 5.95 Å².